The highest BCUT2D eigenvalue weighted by Gasteiger charge is 2.44. The van der Waals surface area contributed by atoms with Crippen molar-refractivity contribution in [2.45, 2.75) is 63.7 Å². The highest BCUT2D eigenvalue weighted by molar-refractivity contribution is 7.10. The fraction of sp³-hybridized carbons (Fsp3) is 0.480. The zero-order valence-electron chi connectivity index (χ0n) is 18.1. The summed E-state index contributed by atoms with van der Waals surface area (Å²) >= 11 is 1.67. The van der Waals surface area contributed by atoms with Crippen molar-refractivity contribution in [1.82, 2.24) is 0 Å². The summed E-state index contributed by atoms with van der Waals surface area (Å²) in [7, 11) is 1.34. The summed E-state index contributed by atoms with van der Waals surface area (Å²) in [5, 5.41) is 2.00. The number of methoxy groups -OCH3 is 1. The first-order valence-electron chi connectivity index (χ1n) is 10.1. The Morgan fingerprint density at radius 2 is 1.69 bits per heavy atom. The zero-order chi connectivity index (χ0) is 21.0. The van der Waals surface area contributed by atoms with Gasteiger partial charge < -0.3 is 9.47 Å². The largest absolute Gasteiger partial charge is 0.492 e. The Kier molecular flexibility index (Phi) is 4.59. The maximum Gasteiger partial charge on any atom is 0.384 e. The number of thiophene rings is 1. The minimum absolute atomic E-state index is 0.163. The standard InChI is InChI=1S/C25H28O3S/c1-23(2)9-10-24(3,4)18-13-20-19(12-17(18)23)25(5,15-28-20)21-11-16(14-29-21)7-8-22(26)27-6/h11-14H,9-10,15H2,1-6H3. The molecule has 0 amide bonds. The van der Waals surface area contributed by atoms with Gasteiger partial charge in [0.1, 0.15) is 12.4 Å². The molecule has 0 saturated carbocycles. The molecule has 2 aromatic rings. The Morgan fingerprint density at radius 3 is 2.34 bits per heavy atom. The van der Waals surface area contributed by atoms with E-state index in [0.29, 0.717) is 6.61 Å². The number of fused-ring (bicyclic) bond motifs is 2. The Labute approximate surface area is 177 Å². The van der Waals surface area contributed by atoms with Crippen molar-refractivity contribution in [1.29, 1.82) is 0 Å². The van der Waals surface area contributed by atoms with Gasteiger partial charge in [0.15, 0.2) is 0 Å². The first-order chi connectivity index (χ1) is 13.6. The Hall–Kier alpha value is -2.25. The molecule has 1 aromatic carbocycles. The average Bonchev–Trinajstić information content (AvgIpc) is 3.29. The molecule has 29 heavy (non-hydrogen) atoms. The molecule has 4 heteroatoms. The molecule has 0 radical (unpaired) electrons. The molecular weight excluding hydrogens is 380 g/mol. The third-order valence-electron chi connectivity index (χ3n) is 6.70. The molecular formula is C25H28O3S. The van der Waals surface area contributed by atoms with Gasteiger partial charge in [-0.3, -0.25) is 0 Å². The molecule has 3 nitrogen and oxygen atoms in total. The van der Waals surface area contributed by atoms with Crippen LogP contribution in [-0.4, -0.2) is 19.7 Å². The molecule has 1 aromatic heterocycles. The van der Waals surface area contributed by atoms with Gasteiger partial charge in [-0.1, -0.05) is 39.7 Å². The van der Waals surface area contributed by atoms with Gasteiger partial charge in [0.2, 0.25) is 0 Å². The van der Waals surface area contributed by atoms with E-state index in [4.69, 9.17) is 4.74 Å². The van der Waals surface area contributed by atoms with E-state index in [1.807, 2.05) is 5.38 Å². The molecule has 0 fully saturated rings. The number of hydrogen-bond acceptors (Lipinski definition) is 4. The number of benzene rings is 1. The lowest BCUT2D eigenvalue weighted by Crippen LogP contribution is -2.34. The minimum atomic E-state index is -0.519. The monoisotopic (exact) mass is 408 g/mol. The van der Waals surface area contributed by atoms with Gasteiger partial charge in [-0.2, -0.15) is 0 Å². The number of esters is 1. The van der Waals surface area contributed by atoms with Crippen LogP contribution in [0.3, 0.4) is 0 Å². The van der Waals surface area contributed by atoms with Gasteiger partial charge in [-0.25, -0.2) is 4.79 Å². The molecule has 1 aliphatic heterocycles. The fourth-order valence-corrected chi connectivity index (χ4v) is 5.52. The van der Waals surface area contributed by atoms with Crippen molar-refractivity contribution in [3.8, 4) is 17.6 Å². The summed E-state index contributed by atoms with van der Waals surface area (Å²) in [6, 6.07) is 6.77. The fourth-order valence-electron chi connectivity index (χ4n) is 4.51. The predicted octanol–water partition coefficient (Wildman–Crippen LogP) is 5.32. The Balaban J connectivity index is 1.78. The maximum atomic E-state index is 11.3. The average molecular weight is 409 g/mol. The lowest BCUT2D eigenvalue weighted by atomic mass is 9.62. The van der Waals surface area contributed by atoms with Crippen LogP contribution in [0.1, 0.15) is 74.6 Å². The van der Waals surface area contributed by atoms with E-state index in [1.54, 1.807) is 11.3 Å². The van der Waals surface area contributed by atoms with Crippen molar-refractivity contribution in [2.75, 3.05) is 13.7 Å². The van der Waals surface area contributed by atoms with Gasteiger partial charge in [-0.05, 0) is 53.9 Å². The van der Waals surface area contributed by atoms with Crippen molar-refractivity contribution < 1.29 is 14.3 Å². The van der Waals surface area contributed by atoms with Gasteiger partial charge >= 0.3 is 5.97 Å². The first-order valence-corrected chi connectivity index (χ1v) is 11.0. The van der Waals surface area contributed by atoms with Crippen molar-refractivity contribution in [2.24, 2.45) is 0 Å². The zero-order valence-corrected chi connectivity index (χ0v) is 18.9. The van der Waals surface area contributed by atoms with E-state index in [1.165, 1.54) is 41.5 Å². The number of ether oxygens (including phenoxy) is 2. The number of carbonyl (C=O) groups is 1. The minimum Gasteiger partial charge on any atom is -0.492 e. The summed E-state index contributed by atoms with van der Waals surface area (Å²) < 4.78 is 10.8. The summed E-state index contributed by atoms with van der Waals surface area (Å²) in [6.45, 7) is 12.3. The van der Waals surface area contributed by atoms with E-state index in [0.717, 1.165) is 11.3 Å². The van der Waals surface area contributed by atoms with E-state index in [9.17, 15) is 4.79 Å². The quantitative estimate of drug-likeness (QED) is 0.473. The SMILES string of the molecule is COC(=O)C#Cc1csc(C2(C)COc3cc4c(cc32)C(C)(C)CCC4(C)C)c1. The third-order valence-corrected chi connectivity index (χ3v) is 7.90. The molecule has 2 aliphatic rings. The van der Waals surface area contributed by atoms with E-state index in [-0.39, 0.29) is 16.2 Å². The van der Waals surface area contributed by atoms with Gasteiger partial charge in [0, 0.05) is 27.3 Å². The van der Waals surface area contributed by atoms with Crippen molar-refractivity contribution in [3.63, 3.8) is 0 Å². The number of carbonyl (C=O) groups excluding carboxylic acids is 1. The molecule has 0 saturated heterocycles. The van der Waals surface area contributed by atoms with Crippen LogP contribution >= 0.6 is 11.3 Å². The third kappa shape index (κ3) is 3.26. The molecule has 0 N–H and O–H groups in total. The van der Waals surface area contributed by atoms with Crippen LogP contribution in [0.15, 0.2) is 23.6 Å². The number of rotatable bonds is 1. The van der Waals surface area contributed by atoms with E-state index < -0.39 is 5.97 Å². The van der Waals surface area contributed by atoms with Crippen LogP contribution in [-0.2, 0) is 25.8 Å². The first kappa shape index (κ1) is 20.0. The lowest BCUT2D eigenvalue weighted by molar-refractivity contribution is -0.133. The Morgan fingerprint density at radius 1 is 1.03 bits per heavy atom. The van der Waals surface area contributed by atoms with E-state index >= 15 is 0 Å². The normalized spacial score (nSPS) is 23.2. The van der Waals surface area contributed by atoms with Crippen LogP contribution in [0.2, 0.25) is 0 Å². The predicted molar refractivity (Wildman–Crippen MR) is 117 cm³/mol. The van der Waals surface area contributed by atoms with Crippen LogP contribution in [0.5, 0.6) is 5.75 Å². The molecule has 0 bridgehead atoms. The second-order valence-corrected chi connectivity index (χ2v) is 10.6. The molecule has 1 unspecified atom stereocenters. The molecule has 0 spiro atoms. The lowest BCUT2D eigenvalue weighted by Gasteiger charge is -2.42. The summed E-state index contributed by atoms with van der Waals surface area (Å²) in [5.41, 5.74) is 5.09. The maximum absolute atomic E-state index is 11.3. The molecule has 1 atom stereocenters. The van der Waals surface area contributed by atoms with Crippen molar-refractivity contribution in [3.05, 3.63) is 50.7 Å². The smallest absolute Gasteiger partial charge is 0.384 e. The summed E-state index contributed by atoms with van der Waals surface area (Å²) in [6.07, 6.45) is 2.38. The number of hydrogen-bond donors (Lipinski definition) is 0. The second kappa shape index (κ2) is 6.64. The van der Waals surface area contributed by atoms with Crippen LogP contribution in [0, 0.1) is 11.8 Å². The van der Waals surface area contributed by atoms with Crippen molar-refractivity contribution >= 4 is 17.3 Å². The second-order valence-electron chi connectivity index (χ2n) is 9.72. The molecule has 4 rings (SSSR count). The van der Waals surface area contributed by atoms with Gasteiger partial charge in [0.05, 0.1) is 12.5 Å². The van der Waals surface area contributed by atoms with Crippen LogP contribution < -0.4 is 4.74 Å². The van der Waals surface area contributed by atoms with Crippen LogP contribution in [0.25, 0.3) is 0 Å². The molecule has 152 valence electrons. The molecule has 1 aliphatic carbocycles. The van der Waals surface area contributed by atoms with E-state index in [2.05, 4.69) is 69.4 Å². The van der Waals surface area contributed by atoms with Gasteiger partial charge in [-0.15, -0.1) is 11.3 Å². The molecule has 2 heterocycles. The Bertz CT molecular complexity index is 1050. The highest BCUT2D eigenvalue weighted by Crippen LogP contribution is 2.52. The topological polar surface area (TPSA) is 35.5 Å². The highest BCUT2D eigenvalue weighted by atomic mass is 32.1. The summed E-state index contributed by atoms with van der Waals surface area (Å²) in [5.74, 6) is 5.90. The van der Waals surface area contributed by atoms with Crippen LogP contribution in [0.4, 0.5) is 0 Å². The summed E-state index contributed by atoms with van der Waals surface area (Å²) in [4.78, 5) is 12.5. The van der Waals surface area contributed by atoms with Gasteiger partial charge in [0.25, 0.3) is 0 Å².